The van der Waals surface area contributed by atoms with E-state index in [9.17, 15) is 0 Å². The summed E-state index contributed by atoms with van der Waals surface area (Å²) >= 11 is 3.42. The number of hydrogen-bond donors (Lipinski definition) is 1. The van der Waals surface area contributed by atoms with Gasteiger partial charge in [-0.25, -0.2) is 4.98 Å². The van der Waals surface area contributed by atoms with Gasteiger partial charge in [0, 0.05) is 6.54 Å². The van der Waals surface area contributed by atoms with Crippen LogP contribution in [-0.4, -0.2) is 48.0 Å². The van der Waals surface area contributed by atoms with Crippen LogP contribution in [0.3, 0.4) is 0 Å². The maximum atomic E-state index is 6.24. The van der Waals surface area contributed by atoms with E-state index in [1.807, 2.05) is 18.2 Å². The number of fused-ring (bicyclic) bond motifs is 2. The van der Waals surface area contributed by atoms with E-state index in [-0.39, 0.29) is 5.60 Å². The molecule has 4 aliphatic rings. The summed E-state index contributed by atoms with van der Waals surface area (Å²) in [7, 11) is 0. The Hall–Kier alpha value is -0.690. The first-order chi connectivity index (χ1) is 9.66. The van der Waals surface area contributed by atoms with Gasteiger partial charge in [-0.2, -0.15) is 0 Å². The Bertz CT molecular complexity index is 520. The van der Waals surface area contributed by atoms with Crippen LogP contribution in [0.15, 0.2) is 22.8 Å². The number of anilines is 1. The molecule has 0 amide bonds. The standard InChI is InChI=1S/C14H19BrN4O/c15-11-2-1-3-12(17-11)19-9-14(20-13(19)16)8-18-6-4-10(14)5-7-18/h1-3,10,13H,4-9,16H2. The summed E-state index contributed by atoms with van der Waals surface area (Å²) in [6.45, 7) is 4.27. The summed E-state index contributed by atoms with van der Waals surface area (Å²) in [5, 5.41) is 0. The van der Waals surface area contributed by atoms with Crippen molar-refractivity contribution in [3.05, 3.63) is 22.8 Å². The van der Waals surface area contributed by atoms with Crippen LogP contribution in [0.25, 0.3) is 0 Å². The Morgan fingerprint density at radius 1 is 1.30 bits per heavy atom. The Morgan fingerprint density at radius 2 is 2.10 bits per heavy atom. The molecule has 0 radical (unpaired) electrons. The Kier molecular flexibility index (Phi) is 3.03. The van der Waals surface area contributed by atoms with Gasteiger partial charge < -0.3 is 14.5 Å². The molecule has 1 aromatic heterocycles. The Morgan fingerprint density at radius 3 is 2.75 bits per heavy atom. The van der Waals surface area contributed by atoms with Crippen LogP contribution in [0.5, 0.6) is 0 Å². The van der Waals surface area contributed by atoms with Gasteiger partial charge in [-0.3, -0.25) is 5.73 Å². The van der Waals surface area contributed by atoms with Gasteiger partial charge in [0.15, 0.2) is 6.35 Å². The van der Waals surface area contributed by atoms with Gasteiger partial charge in [-0.05, 0) is 59.9 Å². The SMILES string of the molecule is NC1OC2(CN3CCC2CC3)CN1c1cccc(Br)n1. The number of halogens is 1. The highest BCUT2D eigenvalue weighted by atomic mass is 79.9. The van der Waals surface area contributed by atoms with E-state index in [4.69, 9.17) is 10.5 Å². The van der Waals surface area contributed by atoms with Crippen molar-refractivity contribution < 1.29 is 4.74 Å². The largest absolute Gasteiger partial charge is 0.335 e. The lowest BCUT2D eigenvalue weighted by atomic mass is 9.75. The zero-order valence-electron chi connectivity index (χ0n) is 11.3. The van der Waals surface area contributed by atoms with Crippen LogP contribution < -0.4 is 10.6 Å². The highest BCUT2D eigenvalue weighted by molar-refractivity contribution is 9.10. The van der Waals surface area contributed by atoms with Crippen LogP contribution in [0, 0.1) is 5.92 Å². The average Bonchev–Trinajstić information content (AvgIpc) is 2.76. The lowest BCUT2D eigenvalue weighted by molar-refractivity contribution is -0.137. The van der Waals surface area contributed by atoms with Gasteiger partial charge in [0.1, 0.15) is 16.0 Å². The van der Waals surface area contributed by atoms with Crippen molar-refractivity contribution in [2.75, 3.05) is 31.1 Å². The number of ether oxygens (including phenoxy) is 1. The minimum atomic E-state index is -0.391. The fourth-order valence-corrected chi connectivity index (χ4v) is 4.26. The number of rotatable bonds is 1. The zero-order chi connectivity index (χ0) is 13.7. The van der Waals surface area contributed by atoms with Gasteiger partial charge in [0.25, 0.3) is 0 Å². The monoisotopic (exact) mass is 338 g/mol. The molecule has 4 aliphatic heterocycles. The fourth-order valence-electron chi connectivity index (χ4n) is 3.93. The van der Waals surface area contributed by atoms with Crippen LogP contribution in [-0.2, 0) is 4.74 Å². The van der Waals surface area contributed by atoms with Crippen LogP contribution >= 0.6 is 15.9 Å². The van der Waals surface area contributed by atoms with E-state index < -0.39 is 6.35 Å². The molecule has 1 spiro atoms. The Labute approximate surface area is 127 Å². The Balaban J connectivity index is 1.62. The molecule has 20 heavy (non-hydrogen) atoms. The quantitative estimate of drug-likeness (QED) is 0.784. The summed E-state index contributed by atoms with van der Waals surface area (Å²) in [6, 6.07) is 5.91. The van der Waals surface area contributed by atoms with Crippen LogP contribution in [0.2, 0.25) is 0 Å². The van der Waals surface area contributed by atoms with E-state index in [1.54, 1.807) is 0 Å². The van der Waals surface area contributed by atoms with Gasteiger partial charge in [-0.15, -0.1) is 0 Å². The first kappa shape index (κ1) is 13.0. The zero-order valence-corrected chi connectivity index (χ0v) is 12.9. The third-order valence-electron chi connectivity index (χ3n) is 4.92. The third kappa shape index (κ3) is 1.97. The molecule has 0 saturated carbocycles. The van der Waals surface area contributed by atoms with Crippen LogP contribution in [0.1, 0.15) is 12.8 Å². The summed E-state index contributed by atoms with van der Waals surface area (Å²) < 4.78 is 7.07. The van der Waals surface area contributed by atoms with E-state index in [1.165, 1.54) is 25.9 Å². The number of hydrogen-bond acceptors (Lipinski definition) is 5. The van der Waals surface area contributed by atoms with Crippen molar-refractivity contribution in [3.63, 3.8) is 0 Å². The highest BCUT2D eigenvalue weighted by Crippen LogP contribution is 2.43. The minimum Gasteiger partial charge on any atom is -0.335 e. The summed E-state index contributed by atoms with van der Waals surface area (Å²) in [6.07, 6.45) is 2.07. The number of piperidine rings is 3. The van der Waals surface area contributed by atoms with Crippen molar-refractivity contribution in [2.45, 2.75) is 24.8 Å². The van der Waals surface area contributed by atoms with Gasteiger partial charge in [0.2, 0.25) is 0 Å². The molecule has 6 heteroatoms. The molecule has 2 atom stereocenters. The molecule has 5 heterocycles. The lowest BCUT2D eigenvalue weighted by Crippen LogP contribution is -2.61. The molecule has 5 nitrogen and oxygen atoms in total. The van der Waals surface area contributed by atoms with Gasteiger partial charge >= 0.3 is 0 Å². The summed E-state index contributed by atoms with van der Waals surface area (Å²) in [4.78, 5) is 9.11. The van der Waals surface area contributed by atoms with Crippen molar-refractivity contribution in [1.82, 2.24) is 9.88 Å². The van der Waals surface area contributed by atoms with Crippen molar-refractivity contribution >= 4 is 21.7 Å². The summed E-state index contributed by atoms with van der Waals surface area (Å²) in [5.74, 6) is 1.52. The number of aromatic nitrogens is 1. The minimum absolute atomic E-state index is 0.0973. The maximum absolute atomic E-state index is 6.24. The molecule has 1 aromatic rings. The molecule has 5 rings (SSSR count). The second-order valence-corrected chi connectivity index (χ2v) is 6.88. The molecular weight excluding hydrogens is 320 g/mol. The third-order valence-corrected chi connectivity index (χ3v) is 5.36. The van der Waals surface area contributed by atoms with E-state index in [0.717, 1.165) is 23.5 Å². The smallest absolute Gasteiger partial charge is 0.186 e. The van der Waals surface area contributed by atoms with Crippen LogP contribution in [0.4, 0.5) is 5.82 Å². The molecule has 4 fully saturated rings. The second kappa shape index (κ2) is 4.66. The average molecular weight is 339 g/mol. The summed E-state index contributed by atoms with van der Waals surface area (Å²) in [5.41, 5.74) is 6.13. The normalized spacial score (nSPS) is 39.7. The number of nitrogens with two attached hydrogens (primary N) is 1. The lowest BCUT2D eigenvalue weighted by Gasteiger charge is -2.50. The molecule has 108 valence electrons. The molecule has 0 aromatic carbocycles. The molecule has 2 unspecified atom stereocenters. The predicted octanol–water partition coefficient (Wildman–Crippen LogP) is 1.39. The molecular formula is C14H19BrN4O. The number of nitrogens with zero attached hydrogens (tertiary/aromatic N) is 3. The van der Waals surface area contributed by atoms with Crippen molar-refractivity contribution in [1.29, 1.82) is 0 Å². The topological polar surface area (TPSA) is 54.6 Å². The van der Waals surface area contributed by atoms with E-state index >= 15 is 0 Å². The predicted molar refractivity (Wildman–Crippen MR) is 80.2 cm³/mol. The van der Waals surface area contributed by atoms with Gasteiger partial charge in [0.05, 0.1) is 6.54 Å². The van der Waals surface area contributed by atoms with E-state index in [0.29, 0.717) is 5.92 Å². The molecule has 2 N–H and O–H groups in total. The van der Waals surface area contributed by atoms with Crippen molar-refractivity contribution in [2.24, 2.45) is 11.7 Å². The first-order valence-corrected chi connectivity index (χ1v) is 8.01. The van der Waals surface area contributed by atoms with E-state index in [2.05, 4.69) is 30.7 Å². The molecule has 2 bridgehead atoms. The molecule has 4 saturated heterocycles. The number of pyridine rings is 1. The molecule has 0 aliphatic carbocycles. The van der Waals surface area contributed by atoms with Crippen molar-refractivity contribution in [3.8, 4) is 0 Å². The highest BCUT2D eigenvalue weighted by Gasteiger charge is 2.54. The fraction of sp³-hybridized carbons (Fsp3) is 0.643. The maximum Gasteiger partial charge on any atom is 0.186 e. The van der Waals surface area contributed by atoms with Gasteiger partial charge in [-0.1, -0.05) is 6.07 Å². The first-order valence-electron chi connectivity index (χ1n) is 7.21. The second-order valence-electron chi connectivity index (χ2n) is 6.07.